The van der Waals surface area contributed by atoms with Crippen LogP contribution in [0.15, 0.2) is 37.8 Å². The highest BCUT2D eigenvalue weighted by Crippen LogP contribution is 2.35. The molecule has 0 bridgehead atoms. The van der Waals surface area contributed by atoms with Crippen LogP contribution in [-0.2, 0) is 0 Å². The number of aromatic carboxylic acids is 1. The molecule has 0 aliphatic rings. The van der Waals surface area contributed by atoms with Crippen molar-refractivity contribution >= 4 is 40.8 Å². The summed E-state index contributed by atoms with van der Waals surface area (Å²) in [6, 6.07) is 5.44. The zero-order valence-electron chi connectivity index (χ0n) is 8.78. The van der Waals surface area contributed by atoms with E-state index in [1.807, 2.05) is 12.3 Å². The quantitative estimate of drug-likeness (QED) is 0.870. The first-order valence-corrected chi connectivity index (χ1v) is 7.48. The average Bonchev–Trinajstić information content (AvgIpc) is 2.81. The minimum absolute atomic E-state index is 0.334. The van der Waals surface area contributed by atoms with Gasteiger partial charge in [-0.25, -0.2) is 4.79 Å². The summed E-state index contributed by atoms with van der Waals surface area (Å²) in [7, 11) is 0. The third-order valence-corrected chi connectivity index (χ3v) is 4.58. The fraction of sp³-hybridized carbons (Fsp3) is 0.100. The first-order chi connectivity index (χ1) is 8.22. The van der Waals surface area contributed by atoms with Gasteiger partial charge in [0.25, 0.3) is 0 Å². The summed E-state index contributed by atoms with van der Waals surface area (Å²) >= 11 is 4.15. The fourth-order valence-electron chi connectivity index (χ4n) is 1.28. The molecule has 7 heteroatoms. The molecule has 0 radical (unpaired) electrons. The lowest BCUT2D eigenvalue weighted by atomic mass is 10.2. The van der Waals surface area contributed by atoms with Gasteiger partial charge in [0.05, 0.1) is 5.56 Å². The molecule has 0 spiro atoms. The van der Waals surface area contributed by atoms with E-state index in [9.17, 15) is 9.90 Å². The lowest BCUT2D eigenvalue weighted by Gasteiger charge is -2.07. The Balaban J connectivity index is 2.42. The molecule has 0 atom stereocenters. The van der Waals surface area contributed by atoms with Crippen LogP contribution in [0.2, 0.25) is 0 Å². The maximum Gasteiger partial charge on any atom is 0.337 e. The second-order valence-corrected chi connectivity index (χ2v) is 5.92. The number of carboxylic acid groups (broad SMARTS) is 1. The van der Waals surface area contributed by atoms with Crippen molar-refractivity contribution in [3.05, 3.63) is 29.3 Å². The van der Waals surface area contributed by atoms with E-state index < -0.39 is 5.97 Å². The van der Waals surface area contributed by atoms with E-state index in [-0.39, 0.29) is 0 Å². The maximum absolute atomic E-state index is 11.3. The predicted molar refractivity (Wildman–Crippen MR) is 69.2 cm³/mol. The number of hydrogen-bond acceptors (Lipinski definition) is 6. The third kappa shape index (κ3) is 2.80. The molecule has 1 aromatic heterocycles. The minimum Gasteiger partial charge on any atom is -0.478 e. The highest BCUT2D eigenvalue weighted by Gasteiger charge is 2.16. The molecule has 0 amide bonds. The van der Waals surface area contributed by atoms with E-state index in [0.29, 0.717) is 10.5 Å². The number of aromatic nitrogens is 2. The summed E-state index contributed by atoms with van der Waals surface area (Å²) < 4.78 is 0.741. The summed E-state index contributed by atoms with van der Waals surface area (Å²) in [6.07, 6.45) is 1.86. The summed E-state index contributed by atoms with van der Waals surface area (Å²) in [5, 5.41) is 16.9. The fourth-order valence-corrected chi connectivity index (χ4v) is 3.55. The maximum atomic E-state index is 11.3. The first kappa shape index (κ1) is 12.4. The van der Waals surface area contributed by atoms with Crippen molar-refractivity contribution in [2.45, 2.75) is 14.1 Å². The molecule has 1 aromatic carbocycles. The highest BCUT2D eigenvalue weighted by molar-refractivity contribution is 8.01. The van der Waals surface area contributed by atoms with Crippen LogP contribution >= 0.6 is 34.9 Å². The van der Waals surface area contributed by atoms with Crippen molar-refractivity contribution in [2.24, 2.45) is 0 Å². The van der Waals surface area contributed by atoms with Crippen LogP contribution in [0.5, 0.6) is 0 Å². The molecular formula is C10H8N2O2S3. The van der Waals surface area contributed by atoms with Gasteiger partial charge in [-0.15, -0.1) is 22.0 Å². The second kappa shape index (κ2) is 5.52. The van der Waals surface area contributed by atoms with E-state index in [4.69, 9.17) is 0 Å². The van der Waals surface area contributed by atoms with Gasteiger partial charge in [-0.2, -0.15) is 0 Å². The number of nitrogens with zero attached hydrogens (tertiary/aromatic N) is 2. The van der Waals surface area contributed by atoms with E-state index >= 15 is 0 Å². The molecule has 4 nitrogen and oxygen atoms in total. The van der Waals surface area contributed by atoms with Gasteiger partial charge in [0.15, 0.2) is 4.34 Å². The second-order valence-electron chi connectivity index (χ2n) is 2.95. The zero-order chi connectivity index (χ0) is 12.3. The zero-order valence-corrected chi connectivity index (χ0v) is 11.2. The van der Waals surface area contributed by atoms with Crippen LogP contribution in [-0.4, -0.2) is 27.5 Å². The first-order valence-electron chi connectivity index (χ1n) is 4.56. The number of benzene rings is 1. The molecule has 2 aromatic rings. The van der Waals surface area contributed by atoms with Gasteiger partial charge in [0.1, 0.15) is 5.51 Å². The summed E-state index contributed by atoms with van der Waals surface area (Å²) in [4.78, 5) is 12.7. The monoisotopic (exact) mass is 284 g/mol. The molecule has 0 aliphatic carbocycles. The minimum atomic E-state index is -0.915. The Morgan fingerprint density at radius 3 is 2.76 bits per heavy atom. The highest BCUT2D eigenvalue weighted by atomic mass is 32.2. The lowest BCUT2D eigenvalue weighted by Crippen LogP contribution is -2.01. The summed E-state index contributed by atoms with van der Waals surface area (Å²) in [6.45, 7) is 0. The standard InChI is InChI=1S/C10H8N2O2S3/c1-15-6-3-2-4-7(8(6)9(13)14)17-10-12-11-5-16-10/h2-5H,1H3,(H,13,14). The average molecular weight is 284 g/mol. The molecule has 2 rings (SSSR count). The van der Waals surface area contributed by atoms with Crippen LogP contribution in [0.3, 0.4) is 0 Å². The Morgan fingerprint density at radius 1 is 1.41 bits per heavy atom. The topological polar surface area (TPSA) is 63.1 Å². The molecule has 17 heavy (non-hydrogen) atoms. The molecule has 0 saturated carbocycles. The molecule has 0 fully saturated rings. The third-order valence-electron chi connectivity index (χ3n) is 1.96. The summed E-state index contributed by atoms with van der Waals surface area (Å²) in [5.41, 5.74) is 1.96. The van der Waals surface area contributed by atoms with Crippen LogP contribution in [0, 0.1) is 0 Å². The van der Waals surface area contributed by atoms with Gasteiger partial charge < -0.3 is 5.11 Å². The molecule has 0 saturated heterocycles. The van der Waals surface area contributed by atoms with Gasteiger partial charge in [0.2, 0.25) is 0 Å². The van der Waals surface area contributed by atoms with E-state index in [1.54, 1.807) is 17.6 Å². The molecule has 0 unspecified atom stereocenters. The molecule has 1 N–H and O–H groups in total. The van der Waals surface area contributed by atoms with Gasteiger partial charge in [0, 0.05) is 9.79 Å². The van der Waals surface area contributed by atoms with Gasteiger partial charge in [-0.3, -0.25) is 0 Å². The predicted octanol–water partition coefficient (Wildman–Crippen LogP) is 3.11. The van der Waals surface area contributed by atoms with E-state index in [2.05, 4.69) is 10.2 Å². The van der Waals surface area contributed by atoms with Gasteiger partial charge >= 0.3 is 5.97 Å². The largest absolute Gasteiger partial charge is 0.478 e. The lowest BCUT2D eigenvalue weighted by molar-refractivity contribution is 0.0689. The van der Waals surface area contributed by atoms with Crippen molar-refractivity contribution in [3.8, 4) is 0 Å². The van der Waals surface area contributed by atoms with Crippen LogP contribution < -0.4 is 0 Å². The van der Waals surface area contributed by atoms with Crippen LogP contribution in [0.1, 0.15) is 10.4 Å². The Morgan fingerprint density at radius 2 is 2.18 bits per heavy atom. The number of hydrogen-bond donors (Lipinski definition) is 1. The Labute approximate surface area is 110 Å². The van der Waals surface area contributed by atoms with Crippen LogP contribution in [0.4, 0.5) is 0 Å². The molecule has 1 heterocycles. The molecular weight excluding hydrogens is 276 g/mol. The van der Waals surface area contributed by atoms with Gasteiger partial charge in [-0.1, -0.05) is 29.2 Å². The Bertz CT molecular complexity index is 528. The number of carbonyl (C=O) groups is 1. The Kier molecular flexibility index (Phi) is 4.03. The van der Waals surface area contributed by atoms with E-state index in [1.165, 1.54) is 34.9 Å². The van der Waals surface area contributed by atoms with Crippen molar-refractivity contribution in [1.29, 1.82) is 0 Å². The van der Waals surface area contributed by atoms with Crippen molar-refractivity contribution in [1.82, 2.24) is 10.2 Å². The van der Waals surface area contributed by atoms with Gasteiger partial charge in [-0.05, 0) is 18.4 Å². The SMILES string of the molecule is CSc1cccc(Sc2nncs2)c1C(=O)O. The van der Waals surface area contributed by atoms with Crippen molar-refractivity contribution in [2.75, 3.05) is 6.26 Å². The summed E-state index contributed by atoms with van der Waals surface area (Å²) in [5.74, 6) is -0.915. The van der Waals surface area contributed by atoms with Crippen molar-refractivity contribution in [3.63, 3.8) is 0 Å². The van der Waals surface area contributed by atoms with E-state index in [0.717, 1.165) is 9.24 Å². The number of thioether (sulfide) groups is 1. The number of rotatable bonds is 4. The van der Waals surface area contributed by atoms with Crippen molar-refractivity contribution < 1.29 is 9.90 Å². The van der Waals surface area contributed by atoms with Crippen LogP contribution in [0.25, 0.3) is 0 Å². The molecule has 88 valence electrons. The number of carboxylic acids is 1. The molecule has 0 aliphatic heterocycles. The Hall–Kier alpha value is -1.05. The normalized spacial score (nSPS) is 10.4. The smallest absolute Gasteiger partial charge is 0.337 e.